The fourth-order valence-corrected chi connectivity index (χ4v) is 8.17. The molecule has 0 bridgehead atoms. The summed E-state index contributed by atoms with van der Waals surface area (Å²) < 4.78 is 35.4. The first kappa shape index (κ1) is 34.2. The van der Waals surface area contributed by atoms with Crippen molar-refractivity contribution >= 4 is 46.6 Å². The van der Waals surface area contributed by atoms with Gasteiger partial charge < -0.3 is 14.6 Å². The van der Waals surface area contributed by atoms with Gasteiger partial charge in [0.2, 0.25) is 11.8 Å². The molecule has 3 aromatic rings. The first-order valence-corrected chi connectivity index (χ1v) is 19.3. The minimum Gasteiger partial charge on any atom is -0.417 e. The molecule has 2 unspecified atom stereocenters. The largest absolute Gasteiger partial charge is 0.417 e. The predicted octanol–water partition coefficient (Wildman–Crippen LogP) is 4.72. The van der Waals surface area contributed by atoms with Crippen molar-refractivity contribution in [1.82, 2.24) is 14.5 Å². The Balaban J connectivity index is 1.70. The third kappa shape index (κ3) is 7.27. The summed E-state index contributed by atoms with van der Waals surface area (Å²) in [6.45, 7) is 10.3. The summed E-state index contributed by atoms with van der Waals surface area (Å²) in [5.74, 6) is -0.917. The molecule has 1 aliphatic rings. The van der Waals surface area contributed by atoms with Gasteiger partial charge in [0, 0.05) is 39.2 Å². The van der Waals surface area contributed by atoms with E-state index in [4.69, 9.17) is 4.43 Å². The number of carbonyl (C=O) groups is 2. The van der Waals surface area contributed by atoms with Crippen LogP contribution in [0.2, 0.25) is 18.1 Å². The number of benzene rings is 3. The zero-order valence-electron chi connectivity index (χ0n) is 26.6. The van der Waals surface area contributed by atoms with E-state index in [1.807, 2.05) is 42.5 Å². The molecule has 2 atom stereocenters. The van der Waals surface area contributed by atoms with Crippen LogP contribution in [0.15, 0.2) is 71.6 Å². The minimum absolute atomic E-state index is 0.0259. The average molecular weight is 655 g/mol. The number of fused-ring (bicyclic) bond motifs is 1. The average Bonchev–Trinajstić information content (AvgIpc) is 2.99. The summed E-state index contributed by atoms with van der Waals surface area (Å²) in [6.07, 6.45) is 0.248. The summed E-state index contributed by atoms with van der Waals surface area (Å²) in [4.78, 5) is 39.6. The van der Waals surface area contributed by atoms with Crippen LogP contribution >= 0.6 is 0 Å². The molecule has 0 aromatic heterocycles. The maximum atomic E-state index is 14.3. The van der Waals surface area contributed by atoms with Crippen molar-refractivity contribution < 1.29 is 27.4 Å². The van der Waals surface area contributed by atoms with Gasteiger partial charge >= 0.3 is 0 Å². The second-order valence-corrected chi connectivity index (χ2v) is 19.5. The lowest BCUT2D eigenvalue weighted by Crippen LogP contribution is -2.63. The SMILES string of the molecule is CNC(=O)C(Cc1ccc2ccccc2c1)N1CCN(S(=O)(=O)c2ccccc2[N+](=O)[O-])C(CCO[Si](C)(C)C(C)(C)C)C1=O. The number of carbonyl (C=O) groups excluding carboxylic acids is 2. The maximum Gasteiger partial charge on any atom is 0.289 e. The highest BCUT2D eigenvalue weighted by Crippen LogP contribution is 2.37. The lowest BCUT2D eigenvalue weighted by atomic mass is 9.98. The van der Waals surface area contributed by atoms with E-state index in [2.05, 4.69) is 39.2 Å². The number of amides is 2. The highest BCUT2D eigenvalue weighted by atomic mass is 32.2. The Kier molecular flexibility index (Phi) is 10.2. The molecule has 0 spiro atoms. The Bertz CT molecular complexity index is 1690. The molecule has 2 amide bonds. The fourth-order valence-electron chi connectivity index (χ4n) is 5.35. The molecule has 1 aliphatic heterocycles. The Morgan fingerprint density at radius 2 is 1.71 bits per heavy atom. The van der Waals surface area contributed by atoms with Crippen LogP contribution < -0.4 is 5.32 Å². The zero-order valence-corrected chi connectivity index (χ0v) is 28.5. The van der Waals surface area contributed by atoms with Crippen molar-refractivity contribution in [2.75, 3.05) is 26.7 Å². The number of para-hydroxylation sites is 1. The number of nitrogens with one attached hydrogen (secondary N) is 1. The number of hydrogen-bond donors (Lipinski definition) is 1. The van der Waals surface area contributed by atoms with Crippen LogP contribution in [0.4, 0.5) is 5.69 Å². The predicted molar refractivity (Wildman–Crippen MR) is 176 cm³/mol. The van der Waals surface area contributed by atoms with E-state index < -0.39 is 51.8 Å². The minimum atomic E-state index is -4.47. The van der Waals surface area contributed by atoms with Crippen molar-refractivity contribution in [3.63, 3.8) is 0 Å². The molecule has 1 saturated heterocycles. The van der Waals surface area contributed by atoms with E-state index in [0.717, 1.165) is 26.7 Å². The molecule has 1 N–H and O–H groups in total. The second kappa shape index (κ2) is 13.4. The van der Waals surface area contributed by atoms with E-state index in [-0.39, 0.29) is 43.5 Å². The van der Waals surface area contributed by atoms with E-state index in [1.54, 1.807) is 0 Å². The Morgan fingerprint density at radius 3 is 2.36 bits per heavy atom. The van der Waals surface area contributed by atoms with Crippen LogP contribution in [0.3, 0.4) is 0 Å². The molecule has 45 heavy (non-hydrogen) atoms. The van der Waals surface area contributed by atoms with Gasteiger partial charge in [-0.05, 0) is 47.0 Å². The first-order chi connectivity index (χ1) is 21.1. The lowest BCUT2D eigenvalue weighted by molar-refractivity contribution is -0.387. The molecule has 4 rings (SSSR count). The van der Waals surface area contributed by atoms with Gasteiger partial charge in [-0.25, -0.2) is 8.42 Å². The Hall–Kier alpha value is -3.65. The molecule has 1 fully saturated rings. The van der Waals surface area contributed by atoms with E-state index in [9.17, 15) is 28.1 Å². The van der Waals surface area contributed by atoms with Gasteiger partial charge in [0.15, 0.2) is 13.2 Å². The van der Waals surface area contributed by atoms with Crippen LogP contribution in [-0.2, 0) is 30.5 Å². The smallest absolute Gasteiger partial charge is 0.289 e. The molecular formula is C32H42N4O7SSi. The highest BCUT2D eigenvalue weighted by Gasteiger charge is 2.46. The van der Waals surface area contributed by atoms with Crippen molar-refractivity contribution in [3.8, 4) is 0 Å². The van der Waals surface area contributed by atoms with Crippen molar-refractivity contribution in [1.29, 1.82) is 0 Å². The number of nitro groups is 1. The molecule has 0 aliphatic carbocycles. The summed E-state index contributed by atoms with van der Waals surface area (Å²) >= 11 is 0. The van der Waals surface area contributed by atoms with Crippen LogP contribution in [0, 0.1) is 10.1 Å². The normalized spacial score (nSPS) is 17.3. The molecule has 1 heterocycles. The van der Waals surface area contributed by atoms with Crippen molar-refractivity contribution in [3.05, 3.63) is 82.4 Å². The van der Waals surface area contributed by atoms with Gasteiger partial charge in [-0.2, -0.15) is 4.31 Å². The third-order valence-electron chi connectivity index (χ3n) is 8.95. The molecule has 11 nitrogen and oxygen atoms in total. The standard InChI is InChI=1S/C32H42N4O7SSi/c1-32(2,3)45(5,6)43-20-17-27-31(38)34(18-19-35(27)44(41,42)29-14-10-9-13-26(29)36(39)40)28(30(37)33-4)22-23-15-16-24-11-7-8-12-25(24)21-23/h7-16,21,27-28H,17-20,22H2,1-6H3,(H,33,37). The summed E-state index contributed by atoms with van der Waals surface area (Å²) in [5, 5.41) is 16.4. The van der Waals surface area contributed by atoms with Crippen LogP contribution in [0.1, 0.15) is 32.8 Å². The number of piperazine rings is 1. The third-order valence-corrected chi connectivity index (χ3v) is 15.4. The Morgan fingerprint density at radius 1 is 1.07 bits per heavy atom. The quantitative estimate of drug-likeness (QED) is 0.179. The molecule has 0 saturated carbocycles. The summed E-state index contributed by atoms with van der Waals surface area (Å²) in [6, 6.07) is 16.7. The van der Waals surface area contributed by atoms with Gasteiger partial charge in [-0.1, -0.05) is 75.4 Å². The molecule has 13 heteroatoms. The molecule has 242 valence electrons. The fraction of sp³-hybridized carbons (Fsp3) is 0.438. The van der Waals surface area contributed by atoms with Crippen LogP contribution in [0.25, 0.3) is 10.8 Å². The topological polar surface area (TPSA) is 139 Å². The molecule has 0 radical (unpaired) electrons. The van der Waals surface area contributed by atoms with Crippen LogP contribution in [-0.4, -0.2) is 81.5 Å². The maximum absolute atomic E-state index is 14.3. The van der Waals surface area contributed by atoms with Crippen molar-refractivity contribution in [2.45, 2.75) is 68.7 Å². The van der Waals surface area contributed by atoms with E-state index >= 15 is 0 Å². The first-order valence-electron chi connectivity index (χ1n) is 15.0. The second-order valence-electron chi connectivity index (χ2n) is 12.8. The summed E-state index contributed by atoms with van der Waals surface area (Å²) in [7, 11) is -5.22. The summed E-state index contributed by atoms with van der Waals surface area (Å²) in [5.41, 5.74) is 0.283. The molecule has 3 aromatic carbocycles. The number of nitrogens with zero attached hydrogens (tertiary/aromatic N) is 3. The van der Waals surface area contributed by atoms with Crippen LogP contribution in [0.5, 0.6) is 0 Å². The van der Waals surface area contributed by atoms with E-state index in [1.165, 1.54) is 30.1 Å². The van der Waals surface area contributed by atoms with Gasteiger partial charge in [0.05, 0.1) is 4.92 Å². The highest BCUT2D eigenvalue weighted by molar-refractivity contribution is 7.89. The number of sulfonamides is 1. The van der Waals surface area contributed by atoms with Gasteiger partial charge in [0.25, 0.3) is 15.7 Å². The number of likely N-dealkylation sites (N-methyl/N-ethyl adjacent to an activating group) is 1. The lowest BCUT2D eigenvalue weighted by Gasteiger charge is -2.43. The number of hydrogen-bond acceptors (Lipinski definition) is 7. The van der Waals surface area contributed by atoms with Gasteiger partial charge in [0.1, 0.15) is 12.1 Å². The Labute approximate surface area is 265 Å². The number of nitro benzene ring substituents is 1. The van der Waals surface area contributed by atoms with Gasteiger partial charge in [-0.15, -0.1) is 0 Å². The molecular weight excluding hydrogens is 613 g/mol. The number of rotatable bonds is 11. The zero-order chi connectivity index (χ0) is 33.2. The van der Waals surface area contributed by atoms with Crippen molar-refractivity contribution in [2.24, 2.45) is 0 Å². The van der Waals surface area contributed by atoms with Gasteiger partial charge in [-0.3, -0.25) is 19.7 Å². The van der Waals surface area contributed by atoms with E-state index in [0.29, 0.717) is 0 Å². The monoisotopic (exact) mass is 654 g/mol.